The number of hydrogen-bond acceptors (Lipinski definition) is 1. The molecule has 0 aromatic rings. The molecule has 0 amide bonds. The highest BCUT2D eigenvalue weighted by molar-refractivity contribution is 4.48. The van der Waals surface area contributed by atoms with Gasteiger partial charge in [-0.1, -0.05) is 20.8 Å². The van der Waals surface area contributed by atoms with E-state index in [-0.39, 0.29) is 0 Å². The third kappa shape index (κ3) is 9.33. The van der Waals surface area contributed by atoms with Crippen molar-refractivity contribution in [3.63, 3.8) is 0 Å². The van der Waals surface area contributed by atoms with Crippen LogP contribution in [0.4, 0.5) is 0 Å². The summed E-state index contributed by atoms with van der Waals surface area (Å²) in [5.74, 6) is 0. The van der Waals surface area contributed by atoms with Crippen LogP contribution < -0.4 is 5.32 Å². The Hall–Kier alpha value is -0.0800. The molecule has 0 fully saturated rings. The molecule has 0 aromatic heterocycles. The van der Waals surface area contributed by atoms with Crippen LogP contribution in [0, 0.1) is 0 Å². The van der Waals surface area contributed by atoms with Gasteiger partial charge in [-0.2, -0.15) is 0 Å². The van der Waals surface area contributed by atoms with E-state index in [0.717, 1.165) is 6.54 Å². The lowest BCUT2D eigenvalue weighted by atomic mass is 10.4. The molecule has 0 rings (SSSR count). The van der Waals surface area contributed by atoms with Crippen LogP contribution in [0.2, 0.25) is 0 Å². The minimum absolute atomic E-state index is 0.653. The Kier molecular flexibility index (Phi) is 6.85. The van der Waals surface area contributed by atoms with Gasteiger partial charge in [0.1, 0.15) is 0 Å². The Morgan fingerprint density at radius 3 is 2.25 bits per heavy atom. The molecule has 2 nitrogen and oxygen atoms in total. The van der Waals surface area contributed by atoms with Crippen LogP contribution in [0.25, 0.3) is 0 Å². The Bertz CT molecular complexity index is 42.0. The van der Waals surface area contributed by atoms with Crippen LogP contribution in [0.3, 0.4) is 0 Å². The zero-order valence-electron chi connectivity index (χ0n) is 6.94. The molecule has 2 heteroatoms. The largest absolute Gasteiger partial charge is 0.412 e. The van der Waals surface area contributed by atoms with Crippen LogP contribution in [-0.4, -0.2) is 18.1 Å². The Morgan fingerprint density at radius 1 is 1.62 bits per heavy atom. The minimum atomic E-state index is 0.653. The number of rotatable bonds is 3. The normalized spacial score (nSPS) is 9.88. The maximum Gasteiger partial charge on any atom is 0.206 e. The van der Waals surface area contributed by atoms with E-state index in [0.29, 0.717) is 6.04 Å². The zero-order valence-corrected chi connectivity index (χ0v) is 5.94. The highest BCUT2D eigenvalue weighted by atomic mass is 16.0. The zero-order chi connectivity index (χ0) is 7.70. The van der Waals surface area contributed by atoms with Crippen molar-refractivity contribution in [2.75, 3.05) is 6.54 Å². The summed E-state index contributed by atoms with van der Waals surface area (Å²) in [6.07, 6.45) is 1.23. The molecular weight excluding hydrogens is 102 g/mol. The van der Waals surface area contributed by atoms with Crippen molar-refractivity contribution in [3.8, 4) is 0 Å². The Morgan fingerprint density at radius 2 is 2.12 bits per heavy atom. The van der Waals surface area contributed by atoms with E-state index in [1.54, 1.807) is 0 Å². The summed E-state index contributed by atoms with van der Waals surface area (Å²) in [6, 6.07) is 0.653. The predicted molar refractivity (Wildman–Crippen MR) is 37.0 cm³/mol. The highest BCUT2D eigenvalue weighted by Crippen LogP contribution is 1.76. The predicted octanol–water partition coefficient (Wildman–Crippen LogP) is 0.570. The molecule has 0 unspecified atom stereocenters. The first-order chi connectivity index (χ1) is 4.27. The second-order valence-electron chi connectivity index (χ2n) is 2.11. The van der Waals surface area contributed by atoms with Crippen molar-refractivity contribution in [1.82, 2.24) is 5.32 Å². The van der Waals surface area contributed by atoms with Gasteiger partial charge >= 0.3 is 0 Å². The summed E-state index contributed by atoms with van der Waals surface area (Å²) in [6.45, 7) is 7.65. The smallest absolute Gasteiger partial charge is 0.206 e. The van der Waals surface area contributed by atoms with Gasteiger partial charge in [0.2, 0.25) is 1.43 Å². The van der Waals surface area contributed by atoms with Gasteiger partial charge in [0.15, 0.2) is 0 Å². The number of hydrogen-bond donors (Lipinski definition) is 1. The molecule has 0 atom stereocenters. The summed E-state index contributed by atoms with van der Waals surface area (Å²) in [5.41, 5.74) is 6.25. The average Bonchev–Trinajstić information content (AvgIpc) is 1.88. The van der Waals surface area contributed by atoms with Crippen molar-refractivity contribution >= 4 is 0 Å². The van der Waals surface area contributed by atoms with Gasteiger partial charge in [-0.15, -0.1) is 0 Å². The molecule has 0 saturated carbocycles. The van der Waals surface area contributed by atoms with E-state index in [4.69, 9.17) is 6.91 Å². The van der Waals surface area contributed by atoms with E-state index < -0.39 is 0 Å². The molecule has 0 radical (unpaired) electrons. The number of nitrogens with one attached hydrogen (secondary N) is 1. The van der Waals surface area contributed by atoms with Crippen LogP contribution in [0.1, 0.15) is 28.6 Å². The van der Waals surface area contributed by atoms with Crippen molar-refractivity contribution in [2.24, 2.45) is 0 Å². The fourth-order valence-electron chi connectivity index (χ4n) is 0.433. The standard InChI is InChI=1S/C6H15N.H2O/c1-4-5-7-6(2)3;/h6-7H,4-5H2,1-3H3;1H2/i/hD. The molecule has 8 heavy (non-hydrogen) atoms. The molecule has 0 aliphatic carbocycles. The quantitative estimate of drug-likeness (QED) is 0.581. The van der Waals surface area contributed by atoms with Crippen LogP contribution in [-0.2, 0) is 0 Å². The van der Waals surface area contributed by atoms with Gasteiger partial charge in [0, 0.05) is 6.04 Å². The van der Waals surface area contributed by atoms with Crippen LogP contribution >= 0.6 is 0 Å². The maximum absolute atomic E-state index is 6.25. The van der Waals surface area contributed by atoms with E-state index in [9.17, 15) is 0 Å². The topological polar surface area (TPSA) is 43.5 Å². The van der Waals surface area contributed by atoms with Crippen molar-refractivity contribution in [2.45, 2.75) is 33.2 Å². The summed E-state index contributed by atoms with van der Waals surface area (Å²) in [5, 5.41) is 3.30. The second kappa shape index (κ2) is 6.92. The van der Waals surface area contributed by atoms with Crippen LogP contribution in [0.15, 0.2) is 0 Å². The molecule has 0 aliphatic heterocycles. The summed E-state index contributed by atoms with van der Waals surface area (Å²) in [7, 11) is 0. The fourth-order valence-corrected chi connectivity index (χ4v) is 0.433. The highest BCUT2D eigenvalue weighted by Gasteiger charge is 1.85. The third-order valence-electron chi connectivity index (χ3n) is 0.803. The van der Waals surface area contributed by atoms with Crippen LogP contribution in [0.5, 0.6) is 0 Å². The molecule has 0 saturated heterocycles. The molecule has 0 spiro atoms. The molecule has 0 heterocycles. The molecule has 0 aromatic carbocycles. The first-order valence-electron chi connectivity index (χ1n) is 3.45. The van der Waals surface area contributed by atoms with E-state index in [2.05, 4.69) is 26.1 Å². The molecular formula is C6H17NO. The first kappa shape index (κ1) is 7.92. The van der Waals surface area contributed by atoms with E-state index in [1.807, 2.05) is 0 Å². The monoisotopic (exact) mass is 120 g/mol. The molecule has 0 bridgehead atoms. The Labute approximate surface area is 53.1 Å². The lowest BCUT2D eigenvalue weighted by molar-refractivity contribution is 0.584. The lowest BCUT2D eigenvalue weighted by Crippen LogP contribution is -2.22. The summed E-state index contributed by atoms with van der Waals surface area (Å²) in [4.78, 5) is 0. The third-order valence-corrected chi connectivity index (χ3v) is 0.803. The van der Waals surface area contributed by atoms with Gasteiger partial charge in [-0.3, -0.25) is 0 Å². The average molecular weight is 120 g/mol. The summed E-state index contributed by atoms with van der Waals surface area (Å²) < 4.78 is 4.75. The van der Waals surface area contributed by atoms with Gasteiger partial charge in [-0.25, -0.2) is 0 Å². The second-order valence-corrected chi connectivity index (χ2v) is 2.11. The van der Waals surface area contributed by atoms with E-state index >= 15 is 0 Å². The lowest BCUT2D eigenvalue weighted by Gasteiger charge is -2.03. The minimum Gasteiger partial charge on any atom is -0.412 e. The maximum atomic E-state index is 6.25. The van der Waals surface area contributed by atoms with Gasteiger partial charge < -0.3 is 10.8 Å². The SMILES string of the molecule is CCCNC(C)C.[2H]O. The summed E-state index contributed by atoms with van der Waals surface area (Å²) >= 11 is 0. The van der Waals surface area contributed by atoms with E-state index in [1.165, 1.54) is 6.42 Å². The van der Waals surface area contributed by atoms with Gasteiger partial charge in [0.25, 0.3) is 0 Å². The molecule has 52 valence electrons. The van der Waals surface area contributed by atoms with Crippen molar-refractivity contribution < 1.29 is 6.91 Å². The van der Waals surface area contributed by atoms with Gasteiger partial charge in [-0.05, 0) is 13.0 Å². The first-order valence-corrected chi connectivity index (χ1v) is 3.00. The van der Waals surface area contributed by atoms with Gasteiger partial charge in [0.05, 0.1) is 0 Å². The van der Waals surface area contributed by atoms with Crippen molar-refractivity contribution in [3.05, 3.63) is 0 Å². The van der Waals surface area contributed by atoms with Crippen molar-refractivity contribution in [1.29, 1.82) is 0 Å². The Balaban J connectivity index is 0. The molecule has 0 aliphatic rings. The molecule has 3 N–H and O–H groups in total. The fraction of sp³-hybridized carbons (Fsp3) is 1.00.